The first-order chi connectivity index (χ1) is 8.69. The zero-order valence-corrected chi connectivity index (χ0v) is 11.9. The molecule has 100 valence electrons. The third-order valence-corrected chi connectivity index (χ3v) is 3.91. The van der Waals surface area contributed by atoms with Gasteiger partial charge in [0.2, 0.25) is 0 Å². The van der Waals surface area contributed by atoms with Crippen molar-refractivity contribution in [1.29, 1.82) is 0 Å². The van der Waals surface area contributed by atoms with Crippen molar-refractivity contribution in [3.8, 4) is 0 Å². The van der Waals surface area contributed by atoms with E-state index in [9.17, 15) is 0 Å². The fraction of sp³-hybridized carbons (Fsp3) is 0.692. The molecule has 1 aromatic heterocycles. The van der Waals surface area contributed by atoms with Gasteiger partial charge in [0.1, 0.15) is 5.15 Å². The van der Waals surface area contributed by atoms with E-state index in [0.717, 1.165) is 12.2 Å². The zero-order chi connectivity index (χ0) is 13.0. The Hall–Kier alpha value is -0.710. The Bertz CT molecular complexity index is 360. The molecular formula is C13H21ClN4. The van der Waals surface area contributed by atoms with Crippen LogP contribution in [0.15, 0.2) is 12.4 Å². The van der Waals surface area contributed by atoms with Crippen LogP contribution < -0.4 is 0 Å². The summed E-state index contributed by atoms with van der Waals surface area (Å²) in [5.74, 6) is 0. The summed E-state index contributed by atoms with van der Waals surface area (Å²) < 4.78 is 0. The zero-order valence-electron chi connectivity index (χ0n) is 11.1. The van der Waals surface area contributed by atoms with Crippen LogP contribution in [0.4, 0.5) is 0 Å². The Morgan fingerprint density at radius 3 is 2.61 bits per heavy atom. The lowest BCUT2D eigenvalue weighted by Gasteiger charge is -2.36. The van der Waals surface area contributed by atoms with Crippen molar-refractivity contribution in [2.75, 3.05) is 26.7 Å². The molecule has 0 atom stereocenters. The lowest BCUT2D eigenvalue weighted by atomic mass is 10.0. The van der Waals surface area contributed by atoms with E-state index in [-0.39, 0.29) is 0 Å². The van der Waals surface area contributed by atoms with Crippen molar-refractivity contribution in [1.82, 2.24) is 19.8 Å². The second kappa shape index (κ2) is 6.45. The molecule has 4 nitrogen and oxygen atoms in total. The molecular weight excluding hydrogens is 248 g/mol. The van der Waals surface area contributed by atoms with E-state index in [4.69, 9.17) is 11.6 Å². The molecule has 0 bridgehead atoms. The predicted octanol–water partition coefficient (Wildman–Crippen LogP) is 2.05. The number of hydrogen-bond acceptors (Lipinski definition) is 4. The highest BCUT2D eigenvalue weighted by Gasteiger charge is 2.21. The summed E-state index contributed by atoms with van der Waals surface area (Å²) >= 11 is 5.74. The molecule has 0 saturated carbocycles. The minimum Gasteiger partial charge on any atom is -0.303 e. The average Bonchev–Trinajstić information content (AvgIpc) is 2.41. The summed E-state index contributed by atoms with van der Waals surface area (Å²) in [6.07, 6.45) is 5.86. The second-order valence-corrected chi connectivity index (χ2v) is 5.30. The van der Waals surface area contributed by atoms with Crippen LogP contribution in [0.5, 0.6) is 0 Å². The molecule has 0 radical (unpaired) electrons. The van der Waals surface area contributed by atoms with Crippen LogP contribution in [0.3, 0.4) is 0 Å². The highest BCUT2D eigenvalue weighted by atomic mass is 35.5. The first kappa shape index (κ1) is 13.7. The third-order valence-electron chi connectivity index (χ3n) is 3.71. The van der Waals surface area contributed by atoms with Gasteiger partial charge in [-0.1, -0.05) is 18.5 Å². The topological polar surface area (TPSA) is 32.3 Å². The lowest BCUT2D eigenvalue weighted by Crippen LogP contribution is -2.43. The van der Waals surface area contributed by atoms with Gasteiger partial charge < -0.3 is 4.90 Å². The second-order valence-electron chi connectivity index (χ2n) is 4.91. The van der Waals surface area contributed by atoms with Crippen LogP contribution >= 0.6 is 11.6 Å². The summed E-state index contributed by atoms with van der Waals surface area (Å²) in [5, 5.41) is 0.456. The first-order valence-electron chi connectivity index (χ1n) is 6.58. The summed E-state index contributed by atoms with van der Waals surface area (Å²) in [6, 6.07) is 0.658. The molecule has 1 fully saturated rings. The minimum atomic E-state index is 0.456. The number of rotatable bonds is 4. The molecule has 0 unspecified atom stereocenters. The molecule has 2 heterocycles. The summed E-state index contributed by atoms with van der Waals surface area (Å²) in [7, 11) is 2.17. The van der Waals surface area contributed by atoms with Crippen molar-refractivity contribution < 1.29 is 0 Å². The van der Waals surface area contributed by atoms with Crippen LogP contribution in [-0.2, 0) is 6.54 Å². The molecule has 1 aromatic rings. The molecule has 0 spiro atoms. The summed E-state index contributed by atoms with van der Waals surface area (Å²) in [6.45, 7) is 6.66. The van der Waals surface area contributed by atoms with Gasteiger partial charge in [-0.2, -0.15) is 0 Å². The van der Waals surface area contributed by atoms with Gasteiger partial charge in [0.15, 0.2) is 0 Å². The predicted molar refractivity (Wildman–Crippen MR) is 73.6 cm³/mol. The molecule has 2 rings (SSSR count). The quantitative estimate of drug-likeness (QED) is 0.837. The standard InChI is InChI=1S/C13H21ClN4/c1-3-18-6-4-12(5-7-18)17(2)10-11-8-16-13(14)9-15-11/h8-9,12H,3-7,10H2,1-2H3. The van der Waals surface area contributed by atoms with Gasteiger partial charge in [-0.05, 0) is 39.5 Å². The normalized spacial score (nSPS) is 18.4. The van der Waals surface area contributed by atoms with Crippen molar-refractivity contribution in [2.45, 2.75) is 32.4 Å². The summed E-state index contributed by atoms with van der Waals surface area (Å²) in [4.78, 5) is 13.3. The highest BCUT2D eigenvalue weighted by molar-refractivity contribution is 6.29. The Morgan fingerprint density at radius 2 is 2.06 bits per heavy atom. The molecule has 18 heavy (non-hydrogen) atoms. The number of halogens is 1. The first-order valence-corrected chi connectivity index (χ1v) is 6.96. The molecule has 5 heteroatoms. The molecule has 0 amide bonds. The largest absolute Gasteiger partial charge is 0.303 e. The van der Waals surface area contributed by atoms with Crippen molar-refractivity contribution in [3.63, 3.8) is 0 Å². The Morgan fingerprint density at radius 1 is 1.33 bits per heavy atom. The van der Waals surface area contributed by atoms with E-state index in [0.29, 0.717) is 11.2 Å². The minimum absolute atomic E-state index is 0.456. The number of nitrogens with zero attached hydrogens (tertiary/aromatic N) is 4. The van der Waals surface area contributed by atoms with Crippen LogP contribution in [-0.4, -0.2) is 52.5 Å². The molecule has 0 aromatic carbocycles. The Balaban J connectivity index is 1.85. The average molecular weight is 269 g/mol. The van der Waals surface area contributed by atoms with E-state index >= 15 is 0 Å². The third kappa shape index (κ3) is 3.64. The van der Waals surface area contributed by atoms with Gasteiger partial charge in [-0.25, -0.2) is 4.98 Å². The van der Waals surface area contributed by atoms with Gasteiger partial charge >= 0.3 is 0 Å². The number of hydrogen-bond donors (Lipinski definition) is 0. The summed E-state index contributed by atoms with van der Waals surface area (Å²) in [5.41, 5.74) is 0.986. The molecule has 1 aliphatic heterocycles. The maximum absolute atomic E-state index is 5.74. The van der Waals surface area contributed by atoms with E-state index in [1.165, 1.54) is 32.5 Å². The lowest BCUT2D eigenvalue weighted by molar-refractivity contribution is 0.126. The van der Waals surface area contributed by atoms with Gasteiger partial charge in [-0.3, -0.25) is 9.88 Å². The van der Waals surface area contributed by atoms with E-state index in [1.54, 1.807) is 12.4 Å². The maximum atomic E-state index is 5.74. The van der Waals surface area contributed by atoms with Gasteiger partial charge in [-0.15, -0.1) is 0 Å². The fourth-order valence-corrected chi connectivity index (χ4v) is 2.58. The van der Waals surface area contributed by atoms with Crippen LogP contribution in [0.25, 0.3) is 0 Å². The molecule has 1 aliphatic rings. The fourth-order valence-electron chi connectivity index (χ4n) is 2.48. The number of likely N-dealkylation sites (tertiary alicyclic amines) is 1. The maximum Gasteiger partial charge on any atom is 0.147 e. The van der Waals surface area contributed by atoms with E-state index in [1.807, 2.05) is 0 Å². The van der Waals surface area contributed by atoms with E-state index in [2.05, 4.69) is 33.7 Å². The molecule has 0 aliphatic carbocycles. The van der Waals surface area contributed by atoms with Crippen molar-refractivity contribution in [3.05, 3.63) is 23.2 Å². The van der Waals surface area contributed by atoms with Crippen molar-refractivity contribution in [2.24, 2.45) is 0 Å². The Kier molecular flexibility index (Phi) is 4.92. The SMILES string of the molecule is CCN1CCC(N(C)Cc2cnc(Cl)cn2)CC1. The number of aromatic nitrogens is 2. The van der Waals surface area contributed by atoms with E-state index < -0.39 is 0 Å². The van der Waals surface area contributed by atoms with Crippen molar-refractivity contribution >= 4 is 11.6 Å². The highest BCUT2D eigenvalue weighted by Crippen LogP contribution is 2.16. The monoisotopic (exact) mass is 268 g/mol. The van der Waals surface area contributed by atoms with Gasteiger partial charge in [0, 0.05) is 12.6 Å². The van der Waals surface area contributed by atoms with Gasteiger partial charge in [0.25, 0.3) is 0 Å². The molecule has 1 saturated heterocycles. The smallest absolute Gasteiger partial charge is 0.147 e. The van der Waals surface area contributed by atoms with Crippen LogP contribution in [0.1, 0.15) is 25.5 Å². The van der Waals surface area contributed by atoms with Gasteiger partial charge in [0.05, 0.1) is 18.1 Å². The number of piperidine rings is 1. The molecule has 0 N–H and O–H groups in total. The Labute approximate surface area is 114 Å². The van der Waals surface area contributed by atoms with Crippen LogP contribution in [0.2, 0.25) is 5.15 Å². The van der Waals surface area contributed by atoms with Crippen LogP contribution in [0, 0.1) is 0 Å².